The third-order valence-electron chi connectivity index (χ3n) is 4.56. The zero-order valence-corrected chi connectivity index (χ0v) is 16.9. The maximum absolute atomic E-state index is 12.4. The molecule has 0 amide bonds. The lowest BCUT2D eigenvalue weighted by molar-refractivity contribution is -0.138. The second-order valence-corrected chi connectivity index (χ2v) is 10.2. The van der Waals surface area contributed by atoms with Crippen LogP contribution in [-0.2, 0) is 28.9 Å². The van der Waals surface area contributed by atoms with Crippen LogP contribution < -0.4 is 5.32 Å². The molecule has 3 rings (SSSR count). The van der Waals surface area contributed by atoms with E-state index in [1.165, 1.54) is 30.3 Å². The first kappa shape index (κ1) is 20.5. The van der Waals surface area contributed by atoms with E-state index in [1.807, 2.05) is 0 Å². The van der Waals surface area contributed by atoms with Crippen LogP contribution in [0.3, 0.4) is 0 Å². The van der Waals surface area contributed by atoms with Crippen LogP contribution in [0.5, 0.6) is 0 Å². The van der Waals surface area contributed by atoms with Gasteiger partial charge in [-0.3, -0.25) is 4.79 Å². The van der Waals surface area contributed by atoms with Gasteiger partial charge in [-0.1, -0.05) is 30.3 Å². The first-order valence-electron chi connectivity index (χ1n) is 8.77. The number of carbonyl (C=O) groups is 1. The second kappa shape index (κ2) is 8.02. The van der Waals surface area contributed by atoms with E-state index in [-0.39, 0.29) is 9.79 Å². The molecule has 0 spiro atoms. The second-order valence-electron chi connectivity index (χ2n) is 6.69. The smallest absolute Gasteiger partial charge is 0.341 e. The zero-order valence-electron chi connectivity index (χ0n) is 15.3. The number of rotatable bonds is 5. The molecule has 0 aromatic heterocycles. The van der Waals surface area contributed by atoms with E-state index >= 15 is 0 Å². The molecule has 7 nitrogen and oxygen atoms in total. The summed E-state index contributed by atoms with van der Waals surface area (Å²) in [6.45, 7) is 1.20. The van der Waals surface area contributed by atoms with Crippen molar-refractivity contribution in [3.05, 3.63) is 48.5 Å². The quantitative estimate of drug-likeness (QED) is 0.733. The number of hydrogen-bond acceptors (Lipinski definition) is 7. The minimum absolute atomic E-state index is 0.154. The minimum Gasteiger partial charge on any atom is -0.342 e. The van der Waals surface area contributed by atoms with Crippen LogP contribution in [0.2, 0.25) is 0 Å². The molecule has 0 aliphatic carbocycles. The number of nitrogens with one attached hydrogen (secondary N) is 1. The fourth-order valence-corrected chi connectivity index (χ4v) is 4.94. The SMILES string of the molecule is CS(=O)(=O)c1ccccc1-c1ccc(S(=O)(=O)OC(=O)C2CCCNC2)cc1. The molecule has 9 heteroatoms. The molecule has 1 heterocycles. The fourth-order valence-electron chi connectivity index (χ4n) is 3.11. The standard InChI is InChI=1S/C19H21NO6S2/c1-27(22,23)18-7-3-2-6-17(18)14-8-10-16(11-9-14)28(24,25)26-19(21)15-5-4-12-20-13-15/h2-3,6-11,15,20H,4-5,12-13H2,1H3. The highest BCUT2D eigenvalue weighted by Crippen LogP contribution is 2.28. The van der Waals surface area contributed by atoms with Gasteiger partial charge in [0.25, 0.3) is 0 Å². The predicted molar refractivity (Wildman–Crippen MR) is 104 cm³/mol. The van der Waals surface area contributed by atoms with Gasteiger partial charge >= 0.3 is 16.1 Å². The average molecular weight is 424 g/mol. The number of carbonyl (C=O) groups excluding carboxylic acids is 1. The molecule has 1 N–H and O–H groups in total. The highest BCUT2D eigenvalue weighted by molar-refractivity contribution is 7.90. The molecular weight excluding hydrogens is 402 g/mol. The van der Waals surface area contributed by atoms with E-state index in [0.29, 0.717) is 24.1 Å². The summed E-state index contributed by atoms with van der Waals surface area (Å²) in [5.41, 5.74) is 1.02. The van der Waals surface area contributed by atoms with Crippen molar-refractivity contribution in [1.29, 1.82) is 0 Å². The van der Waals surface area contributed by atoms with Gasteiger partial charge in [0.1, 0.15) is 4.90 Å². The lowest BCUT2D eigenvalue weighted by Gasteiger charge is -2.20. The van der Waals surface area contributed by atoms with Crippen molar-refractivity contribution in [2.45, 2.75) is 22.6 Å². The number of hydrogen-bond donors (Lipinski definition) is 1. The van der Waals surface area contributed by atoms with Crippen LogP contribution >= 0.6 is 0 Å². The molecule has 0 saturated carbocycles. The van der Waals surface area contributed by atoms with Crippen LogP contribution in [0.4, 0.5) is 0 Å². The summed E-state index contributed by atoms with van der Waals surface area (Å²) in [5.74, 6) is -1.25. The monoisotopic (exact) mass is 423 g/mol. The molecule has 1 atom stereocenters. The third kappa shape index (κ3) is 4.60. The Kier molecular flexibility index (Phi) is 5.87. The Morgan fingerprint density at radius 2 is 1.71 bits per heavy atom. The van der Waals surface area contributed by atoms with Crippen molar-refractivity contribution in [3.63, 3.8) is 0 Å². The molecule has 1 unspecified atom stereocenters. The van der Waals surface area contributed by atoms with Gasteiger partial charge < -0.3 is 9.50 Å². The van der Waals surface area contributed by atoms with Gasteiger partial charge in [0, 0.05) is 18.4 Å². The van der Waals surface area contributed by atoms with E-state index in [9.17, 15) is 21.6 Å². The molecule has 1 aliphatic rings. The Hall–Kier alpha value is -2.23. The molecule has 1 fully saturated rings. The summed E-state index contributed by atoms with van der Waals surface area (Å²) in [4.78, 5) is 12.1. The zero-order chi connectivity index (χ0) is 20.4. The number of piperidine rings is 1. The van der Waals surface area contributed by atoms with Crippen molar-refractivity contribution in [2.24, 2.45) is 5.92 Å². The molecule has 150 valence electrons. The average Bonchev–Trinajstić information content (AvgIpc) is 2.68. The molecule has 1 saturated heterocycles. The Bertz CT molecular complexity index is 1070. The van der Waals surface area contributed by atoms with Crippen molar-refractivity contribution < 1.29 is 25.8 Å². The van der Waals surface area contributed by atoms with Crippen molar-refractivity contribution in [1.82, 2.24) is 5.32 Å². The molecule has 0 radical (unpaired) electrons. The fraction of sp³-hybridized carbons (Fsp3) is 0.316. The lowest BCUT2D eigenvalue weighted by atomic mass is 10.0. The Morgan fingerprint density at radius 1 is 1.04 bits per heavy atom. The minimum atomic E-state index is -4.24. The first-order valence-corrected chi connectivity index (χ1v) is 12.1. The summed E-state index contributed by atoms with van der Waals surface area (Å²) in [5, 5.41) is 3.04. The van der Waals surface area contributed by atoms with E-state index in [4.69, 9.17) is 4.18 Å². The lowest BCUT2D eigenvalue weighted by Crippen LogP contribution is -2.36. The van der Waals surface area contributed by atoms with Crippen molar-refractivity contribution in [3.8, 4) is 11.1 Å². The molecular formula is C19H21NO6S2. The normalized spacial score (nSPS) is 17.8. The van der Waals surface area contributed by atoms with Crippen molar-refractivity contribution >= 4 is 25.9 Å². The summed E-state index contributed by atoms with van der Waals surface area (Å²) >= 11 is 0. The van der Waals surface area contributed by atoms with E-state index in [2.05, 4.69) is 5.32 Å². The summed E-state index contributed by atoms with van der Waals surface area (Å²) in [7, 11) is -7.68. The highest BCUT2D eigenvalue weighted by atomic mass is 32.2. The van der Waals surface area contributed by atoms with Gasteiger partial charge in [-0.25, -0.2) is 8.42 Å². The largest absolute Gasteiger partial charge is 0.342 e. The number of sulfone groups is 1. The summed E-state index contributed by atoms with van der Waals surface area (Å²) in [6.07, 6.45) is 2.49. The first-order chi connectivity index (χ1) is 13.2. The summed E-state index contributed by atoms with van der Waals surface area (Å²) in [6, 6.07) is 12.1. The molecule has 2 aromatic rings. The van der Waals surface area contributed by atoms with Crippen LogP contribution in [0.15, 0.2) is 58.3 Å². The Labute approximate surface area is 164 Å². The summed E-state index contributed by atoms with van der Waals surface area (Å²) < 4.78 is 53.5. The predicted octanol–water partition coefficient (Wildman–Crippen LogP) is 1.99. The van der Waals surface area contributed by atoms with E-state index in [0.717, 1.165) is 19.2 Å². The van der Waals surface area contributed by atoms with E-state index in [1.54, 1.807) is 18.2 Å². The van der Waals surface area contributed by atoms with Crippen LogP contribution in [0.25, 0.3) is 11.1 Å². The highest BCUT2D eigenvalue weighted by Gasteiger charge is 2.28. The van der Waals surface area contributed by atoms with Crippen LogP contribution in [0.1, 0.15) is 12.8 Å². The van der Waals surface area contributed by atoms with Gasteiger partial charge in [-0.05, 0) is 43.1 Å². The maximum Gasteiger partial charge on any atom is 0.341 e. The molecule has 0 bridgehead atoms. The molecule has 28 heavy (non-hydrogen) atoms. The van der Waals surface area contributed by atoms with E-state index < -0.39 is 31.8 Å². The third-order valence-corrected chi connectivity index (χ3v) is 6.95. The number of benzene rings is 2. The van der Waals surface area contributed by atoms with Crippen LogP contribution in [0, 0.1) is 5.92 Å². The Morgan fingerprint density at radius 3 is 2.32 bits per heavy atom. The van der Waals surface area contributed by atoms with Gasteiger partial charge in [0.05, 0.1) is 10.8 Å². The van der Waals surface area contributed by atoms with Gasteiger partial charge in [-0.2, -0.15) is 8.42 Å². The molecule has 1 aliphatic heterocycles. The van der Waals surface area contributed by atoms with Crippen LogP contribution in [-0.4, -0.2) is 42.2 Å². The van der Waals surface area contributed by atoms with Gasteiger partial charge in [0.15, 0.2) is 9.84 Å². The van der Waals surface area contributed by atoms with Gasteiger partial charge in [-0.15, -0.1) is 0 Å². The molecule has 2 aromatic carbocycles. The maximum atomic E-state index is 12.4. The topological polar surface area (TPSA) is 107 Å². The van der Waals surface area contributed by atoms with Gasteiger partial charge in [0.2, 0.25) is 0 Å². The van der Waals surface area contributed by atoms with Crippen molar-refractivity contribution in [2.75, 3.05) is 19.3 Å². The Balaban J connectivity index is 1.84.